The van der Waals surface area contributed by atoms with Gasteiger partial charge < -0.3 is 18.9 Å². The molecule has 0 radical (unpaired) electrons. The molecular weight excluding hydrogens is 344 g/mol. The van der Waals surface area contributed by atoms with Gasteiger partial charge in [0.05, 0.1) is 13.2 Å². The lowest BCUT2D eigenvalue weighted by Gasteiger charge is -2.14. The van der Waals surface area contributed by atoms with E-state index in [-0.39, 0.29) is 62.1 Å². The first-order valence-corrected chi connectivity index (χ1v) is 8.86. The average Bonchev–Trinajstić information content (AvgIpc) is 2.50. The molecule has 0 unspecified atom stereocenters. The van der Waals surface area contributed by atoms with E-state index >= 15 is 0 Å². The highest BCUT2D eigenvalue weighted by Gasteiger charge is 2.12. The predicted octanol–water partition coefficient (Wildman–Crippen LogP) is 2.32. The predicted molar refractivity (Wildman–Crippen MR) is 92.1 cm³/mol. The van der Waals surface area contributed by atoms with E-state index in [0.717, 1.165) is 0 Å². The van der Waals surface area contributed by atoms with Crippen LogP contribution >= 0.6 is 0 Å². The second-order valence-electron chi connectivity index (χ2n) is 6.07. The highest BCUT2D eigenvalue weighted by atomic mass is 16.6. The number of esters is 4. The number of ether oxygens (including phenoxy) is 4. The first-order valence-electron chi connectivity index (χ1n) is 8.86. The Kier molecular flexibility index (Phi) is 12.9. The van der Waals surface area contributed by atoms with Gasteiger partial charge in [-0.2, -0.15) is 0 Å². The summed E-state index contributed by atoms with van der Waals surface area (Å²) in [6, 6.07) is 0. The molecule has 0 rings (SSSR count). The summed E-state index contributed by atoms with van der Waals surface area (Å²) in [7, 11) is 0. The molecule has 0 bridgehead atoms. The Hall–Kier alpha value is -2.12. The van der Waals surface area contributed by atoms with Gasteiger partial charge in [0.25, 0.3) is 0 Å². The van der Waals surface area contributed by atoms with Crippen molar-refractivity contribution >= 4 is 23.9 Å². The highest BCUT2D eigenvalue weighted by Crippen LogP contribution is 2.08. The molecule has 0 aromatic carbocycles. The van der Waals surface area contributed by atoms with Gasteiger partial charge in [0, 0.05) is 39.5 Å². The lowest BCUT2D eigenvalue weighted by Crippen LogP contribution is -2.18. The van der Waals surface area contributed by atoms with Crippen LogP contribution in [0.4, 0.5) is 0 Å². The minimum atomic E-state index is -0.365. The van der Waals surface area contributed by atoms with Crippen LogP contribution < -0.4 is 0 Å². The molecule has 26 heavy (non-hydrogen) atoms. The van der Waals surface area contributed by atoms with Crippen LogP contribution in [0.5, 0.6) is 0 Å². The second kappa shape index (κ2) is 14.1. The van der Waals surface area contributed by atoms with E-state index in [1.807, 2.05) is 0 Å². The van der Waals surface area contributed by atoms with E-state index in [4.69, 9.17) is 18.9 Å². The number of carbonyl (C=O) groups excluding carboxylic acids is 4. The zero-order chi connectivity index (χ0) is 19.9. The first kappa shape index (κ1) is 23.9. The first-order chi connectivity index (χ1) is 12.2. The van der Waals surface area contributed by atoms with Gasteiger partial charge in [0.15, 0.2) is 0 Å². The van der Waals surface area contributed by atoms with E-state index in [1.54, 1.807) is 13.8 Å². The number of hydrogen-bond donors (Lipinski definition) is 0. The Morgan fingerprint density at radius 3 is 1.35 bits per heavy atom. The van der Waals surface area contributed by atoms with Crippen LogP contribution in [0, 0.1) is 0 Å². The maximum Gasteiger partial charge on any atom is 0.306 e. The molecule has 0 saturated carbocycles. The van der Waals surface area contributed by atoms with Crippen LogP contribution in [0.2, 0.25) is 0 Å². The highest BCUT2D eigenvalue weighted by molar-refractivity contribution is 5.71. The zero-order valence-corrected chi connectivity index (χ0v) is 16.1. The van der Waals surface area contributed by atoms with Crippen LogP contribution in [-0.4, -0.2) is 49.3 Å². The third-order valence-electron chi connectivity index (χ3n) is 3.34. The van der Waals surface area contributed by atoms with Crippen molar-refractivity contribution in [1.29, 1.82) is 0 Å². The Bertz CT molecular complexity index is 418. The van der Waals surface area contributed by atoms with Gasteiger partial charge in [-0.25, -0.2) is 0 Å². The van der Waals surface area contributed by atoms with Gasteiger partial charge in [-0.3, -0.25) is 19.2 Å². The van der Waals surface area contributed by atoms with Gasteiger partial charge in [0.2, 0.25) is 0 Å². The molecule has 0 spiro atoms. The molecule has 2 atom stereocenters. The summed E-state index contributed by atoms with van der Waals surface area (Å²) in [5, 5.41) is 0. The fourth-order valence-electron chi connectivity index (χ4n) is 1.96. The number of unbranched alkanes of at least 4 members (excludes halogenated alkanes) is 1. The summed E-state index contributed by atoms with van der Waals surface area (Å²) in [5.41, 5.74) is 0. The quantitative estimate of drug-likeness (QED) is 0.275. The monoisotopic (exact) mass is 374 g/mol. The van der Waals surface area contributed by atoms with Crippen molar-refractivity contribution in [2.45, 2.75) is 78.4 Å². The second-order valence-corrected chi connectivity index (χ2v) is 6.07. The van der Waals surface area contributed by atoms with E-state index < -0.39 is 0 Å². The van der Waals surface area contributed by atoms with Gasteiger partial charge in [-0.1, -0.05) is 0 Å². The van der Waals surface area contributed by atoms with E-state index in [1.165, 1.54) is 13.8 Å². The number of rotatable bonds is 13. The van der Waals surface area contributed by atoms with Crippen molar-refractivity contribution in [2.24, 2.45) is 0 Å². The van der Waals surface area contributed by atoms with E-state index in [9.17, 15) is 19.2 Å². The molecule has 0 aromatic rings. The summed E-state index contributed by atoms with van der Waals surface area (Å²) in [6.07, 6.45) is 1.71. The molecule has 0 aromatic heterocycles. The van der Waals surface area contributed by atoms with Crippen molar-refractivity contribution in [3.05, 3.63) is 0 Å². The molecule has 0 N–H and O–H groups in total. The van der Waals surface area contributed by atoms with Crippen LogP contribution in [0.15, 0.2) is 0 Å². The largest absolute Gasteiger partial charge is 0.466 e. The number of carbonyl (C=O) groups is 4. The minimum Gasteiger partial charge on any atom is -0.466 e. The molecule has 0 amide bonds. The minimum absolute atomic E-state index is 0.214. The Morgan fingerprint density at radius 2 is 1.04 bits per heavy atom. The summed E-state index contributed by atoms with van der Waals surface area (Å²) < 4.78 is 19.9. The lowest BCUT2D eigenvalue weighted by molar-refractivity contribution is -0.152. The van der Waals surface area contributed by atoms with Crippen LogP contribution in [0.3, 0.4) is 0 Å². The zero-order valence-electron chi connectivity index (χ0n) is 16.1. The maximum absolute atomic E-state index is 11.7. The average molecular weight is 374 g/mol. The lowest BCUT2D eigenvalue weighted by atomic mass is 10.2. The molecule has 0 heterocycles. The Labute approximate surface area is 154 Å². The van der Waals surface area contributed by atoms with Crippen molar-refractivity contribution in [3.63, 3.8) is 0 Å². The molecule has 0 aliphatic rings. The standard InChI is InChI=1S/C18H30O8/c1-13(9-11-23-15(3)19)25-17(21)7-5-6-8-18(22)26-14(2)10-12-24-16(4)20/h13-14H,5-12H2,1-4H3/t13-,14-/m0/s1. The molecule has 8 heteroatoms. The molecule has 0 aliphatic carbocycles. The van der Waals surface area contributed by atoms with Crippen molar-refractivity contribution in [3.8, 4) is 0 Å². The van der Waals surface area contributed by atoms with E-state index in [2.05, 4.69) is 0 Å². The third kappa shape index (κ3) is 15.4. The smallest absolute Gasteiger partial charge is 0.306 e. The summed E-state index contributed by atoms with van der Waals surface area (Å²) in [4.78, 5) is 44.6. The van der Waals surface area contributed by atoms with Gasteiger partial charge >= 0.3 is 23.9 Å². The maximum atomic E-state index is 11.7. The molecule has 0 saturated heterocycles. The Morgan fingerprint density at radius 1 is 0.692 bits per heavy atom. The van der Waals surface area contributed by atoms with Crippen LogP contribution in [0.1, 0.15) is 66.2 Å². The molecule has 150 valence electrons. The molecule has 0 aliphatic heterocycles. The summed E-state index contributed by atoms with van der Waals surface area (Å²) in [6.45, 7) is 6.53. The summed E-state index contributed by atoms with van der Waals surface area (Å²) in [5.74, 6) is -1.42. The third-order valence-corrected chi connectivity index (χ3v) is 3.34. The topological polar surface area (TPSA) is 105 Å². The molecular formula is C18H30O8. The van der Waals surface area contributed by atoms with Crippen molar-refractivity contribution in [2.75, 3.05) is 13.2 Å². The van der Waals surface area contributed by atoms with Crippen molar-refractivity contribution < 1.29 is 38.1 Å². The fraction of sp³-hybridized carbons (Fsp3) is 0.778. The fourth-order valence-corrected chi connectivity index (χ4v) is 1.96. The van der Waals surface area contributed by atoms with Crippen molar-refractivity contribution in [1.82, 2.24) is 0 Å². The van der Waals surface area contributed by atoms with Gasteiger partial charge in [0.1, 0.15) is 12.2 Å². The van der Waals surface area contributed by atoms with Gasteiger partial charge in [-0.05, 0) is 26.7 Å². The SMILES string of the molecule is CC(=O)OCC[C@H](C)OC(=O)CCCCC(=O)O[C@@H](C)CCOC(C)=O. The summed E-state index contributed by atoms with van der Waals surface area (Å²) >= 11 is 0. The van der Waals surface area contributed by atoms with Crippen LogP contribution in [0.25, 0.3) is 0 Å². The molecule has 0 fully saturated rings. The molecule has 8 nitrogen and oxygen atoms in total. The van der Waals surface area contributed by atoms with E-state index in [0.29, 0.717) is 25.7 Å². The Balaban J connectivity index is 3.70. The van der Waals surface area contributed by atoms with Gasteiger partial charge in [-0.15, -0.1) is 0 Å². The number of hydrogen-bond acceptors (Lipinski definition) is 8. The normalized spacial score (nSPS) is 12.6. The van der Waals surface area contributed by atoms with Crippen LogP contribution in [-0.2, 0) is 38.1 Å².